The Balaban J connectivity index is 1.57. The van der Waals surface area contributed by atoms with E-state index in [1.807, 2.05) is 29.2 Å². The van der Waals surface area contributed by atoms with Crippen LogP contribution < -0.4 is 4.74 Å². The minimum atomic E-state index is 0.00878. The molecule has 1 aromatic heterocycles. The number of carbonyl (C=O) groups excluding carboxylic acids is 1. The van der Waals surface area contributed by atoms with Gasteiger partial charge < -0.3 is 9.64 Å². The lowest BCUT2D eigenvalue weighted by Gasteiger charge is -2.26. The number of carbonyl (C=O) groups is 1. The summed E-state index contributed by atoms with van der Waals surface area (Å²) in [6, 6.07) is 15.0. The van der Waals surface area contributed by atoms with Gasteiger partial charge in [0.15, 0.2) is 0 Å². The SMILES string of the molecule is COc1cccc(-c2nc3c(s2)CN(C(=O)c2cccc(Cl)c2)CC3)c1. The average molecular weight is 385 g/mol. The van der Waals surface area contributed by atoms with E-state index in [0.29, 0.717) is 23.7 Å². The van der Waals surface area contributed by atoms with Gasteiger partial charge in [0, 0.05) is 34.0 Å². The van der Waals surface area contributed by atoms with Gasteiger partial charge in [-0.05, 0) is 30.3 Å². The standard InChI is InChI=1S/C20H17ClN2O2S/c1-25-16-7-3-4-13(11-16)19-22-17-8-9-23(12-18(17)26-19)20(24)14-5-2-6-15(21)10-14/h2-7,10-11H,8-9,12H2,1H3. The molecule has 0 aliphatic carbocycles. The van der Waals surface area contributed by atoms with Crippen LogP contribution in [0.1, 0.15) is 20.9 Å². The lowest BCUT2D eigenvalue weighted by Crippen LogP contribution is -2.35. The lowest BCUT2D eigenvalue weighted by atomic mass is 10.1. The topological polar surface area (TPSA) is 42.4 Å². The number of amides is 1. The van der Waals surface area contributed by atoms with E-state index in [-0.39, 0.29) is 5.91 Å². The first kappa shape index (κ1) is 17.1. The summed E-state index contributed by atoms with van der Waals surface area (Å²) in [5.41, 5.74) is 2.75. The molecular weight excluding hydrogens is 368 g/mol. The molecule has 26 heavy (non-hydrogen) atoms. The number of methoxy groups -OCH3 is 1. The fourth-order valence-corrected chi connectivity index (χ4v) is 4.36. The fourth-order valence-electron chi connectivity index (χ4n) is 3.05. The van der Waals surface area contributed by atoms with Crippen LogP contribution in [0.2, 0.25) is 5.02 Å². The molecule has 1 amide bonds. The van der Waals surface area contributed by atoms with Crippen molar-refractivity contribution >= 4 is 28.8 Å². The summed E-state index contributed by atoms with van der Waals surface area (Å²) in [5.74, 6) is 0.822. The van der Waals surface area contributed by atoms with E-state index in [0.717, 1.165) is 33.3 Å². The van der Waals surface area contributed by atoms with Crippen LogP contribution in [-0.4, -0.2) is 29.4 Å². The van der Waals surface area contributed by atoms with E-state index < -0.39 is 0 Å². The van der Waals surface area contributed by atoms with Gasteiger partial charge in [-0.15, -0.1) is 11.3 Å². The summed E-state index contributed by atoms with van der Waals surface area (Å²) in [7, 11) is 1.66. The summed E-state index contributed by atoms with van der Waals surface area (Å²) in [6.07, 6.45) is 0.766. The third-order valence-corrected chi connectivity index (χ3v) is 5.77. The third-order valence-electron chi connectivity index (χ3n) is 4.41. The van der Waals surface area contributed by atoms with Gasteiger partial charge in [-0.25, -0.2) is 4.98 Å². The van der Waals surface area contributed by atoms with Gasteiger partial charge in [0.25, 0.3) is 5.91 Å². The highest BCUT2D eigenvalue weighted by molar-refractivity contribution is 7.15. The maximum Gasteiger partial charge on any atom is 0.254 e. The molecule has 0 saturated carbocycles. The number of benzene rings is 2. The molecule has 2 heterocycles. The van der Waals surface area contributed by atoms with Crippen LogP contribution in [0.4, 0.5) is 0 Å². The minimum absolute atomic E-state index is 0.00878. The number of aromatic nitrogens is 1. The van der Waals surface area contributed by atoms with Crippen molar-refractivity contribution in [2.24, 2.45) is 0 Å². The van der Waals surface area contributed by atoms with Crippen LogP contribution in [0.15, 0.2) is 48.5 Å². The highest BCUT2D eigenvalue weighted by Gasteiger charge is 2.25. The molecule has 6 heteroatoms. The van der Waals surface area contributed by atoms with Gasteiger partial charge in [-0.2, -0.15) is 0 Å². The largest absolute Gasteiger partial charge is 0.497 e. The molecule has 4 rings (SSSR count). The number of hydrogen-bond donors (Lipinski definition) is 0. The van der Waals surface area contributed by atoms with Crippen LogP contribution in [-0.2, 0) is 13.0 Å². The third kappa shape index (κ3) is 3.32. The van der Waals surface area contributed by atoms with E-state index in [1.54, 1.807) is 42.7 Å². The Hall–Kier alpha value is -2.37. The van der Waals surface area contributed by atoms with E-state index in [9.17, 15) is 4.79 Å². The quantitative estimate of drug-likeness (QED) is 0.659. The molecule has 0 unspecified atom stereocenters. The second kappa shape index (κ2) is 7.09. The van der Waals surface area contributed by atoms with Gasteiger partial charge in [0.1, 0.15) is 10.8 Å². The number of nitrogens with zero attached hydrogens (tertiary/aromatic N) is 2. The first-order chi connectivity index (χ1) is 12.6. The summed E-state index contributed by atoms with van der Waals surface area (Å²) in [5, 5.41) is 1.54. The molecule has 0 saturated heterocycles. The maximum atomic E-state index is 12.8. The molecule has 1 aliphatic rings. The highest BCUT2D eigenvalue weighted by Crippen LogP contribution is 2.33. The number of hydrogen-bond acceptors (Lipinski definition) is 4. The molecule has 4 nitrogen and oxygen atoms in total. The van der Waals surface area contributed by atoms with Crippen molar-refractivity contribution in [3.63, 3.8) is 0 Å². The van der Waals surface area contributed by atoms with Gasteiger partial charge in [-0.3, -0.25) is 4.79 Å². The van der Waals surface area contributed by atoms with Crippen LogP contribution >= 0.6 is 22.9 Å². The number of rotatable bonds is 3. The van der Waals surface area contributed by atoms with Crippen LogP contribution in [0.3, 0.4) is 0 Å². The normalized spacial score (nSPS) is 13.4. The molecule has 0 N–H and O–H groups in total. The number of halogens is 1. The zero-order valence-corrected chi connectivity index (χ0v) is 15.8. The predicted molar refractivity (Wildman–Crippen MR) is 104 cm³/mol. The van der Waals surface area contributed by atoms with Gasteiger partial charge >= 0.3 is 0 Å². The van der Waals surface area contributed by atoms with E-state index in [2.05, 4.69) is 0 Å². The molecule has 0 fully saturated rings. The van der Waals surface area contributed by atoms with E-state index in [4.69, 9.17) is 21.3 Å². The molecule has 0 atom stereocenters. The van der Waals surface area contributed by atoms with Crippen LogP contribution in [0, 0.1) is 0 Å². The van der Waals surface area contributed by atoms with E-state index in [1.165, 1.54) is 0 Å². The van der Waals surface area contributed by atoms with Gasteiger partial charge in [0.2, 0.25) is 0 Å². The average Bonchev–Trinajstić information content (AvgIpc) is 3.11. The monoisotopic (exact) mass is 384 g/mol. The molecule has 3 aromatic rings. The Morgan fingerprint density at radius 3 is 2.88 bits per heavy atom. The minimum Gasteiger partial charge on any atom is -0.497 e. The highest BCUT2D eigenvalue weighted by atomic mass is 35.5. The molecule has 0 spiro atoms. The summed E-state index contributed by atoms with van der Waals surface area (Å²) >= 11 is 7.66. The van der Waals surface area contributed by atoms with Crippen molar-refractivity contribution < 1.29 is 9.53 Å². The maximum absolute atomic E-state index is 12.8. The van der Waals surface area contributed by atoms with Crippen molar-refractivity contribution in [2.45, 2.75) is 13.0 Å². The zero-order valence-electron chi connectivity index (χ0n) is 14.2. The fraction of sp³-hybridized carbons (Fsp3) is 0.200. The first-order valence-corrected chi connectivity index (χ1v) is 9.51. The Kier molecular flexibility index (Phi) is 4.66. The van der Waals surface area contributed by atoms with Crippen molar-refractivity contribution in [3.05, 3.63) is 69.7 Å². The van der Waals surface area contributed by atoms with Crippen LogP contribution in [0.5, 0.6) is 5.75 Å². The molecule has 0 radical (unpaired) electrons. The first-order valence-electron chi connectivity index (χ1n) is 8.32. The van der Waals surface area contributed by atoms with Crippen molar-refractivity contribution in [3.8, 4) is 16.3 Å². The van der Waals surface area contributed by atoms with Crippen LogP contribution in [0.25, 0.3) is 10.6 Å². The molecule has 0 bridgehead atoms. The molecular formula is C20H17ClN2O2S. The Bertz CT molecular complexity index is 970. The second-order valence-electron chi connectivity index (χ2n) is 6.11. The van der Waals surface area contributed by atoms with Crippen molar-refractivity contribution in [1.29, 1.82) is 0 Å². The zero-order chi connectivity index (χ0) is 18.1. The van der Waals surface area contributed by atoms with E-state index >= 15 is 0 Å². The second-order valence-corrected chi connectivity index (χ2v) is 7.63. The summed E-state index contributed by atoms with van der Waals surface area (Å²) in [6.45, 7) is 1.25. The summed E-state index contributed by atoms with van der Waals surface area (Å²) in [4.78, 5) is 20.5. The molecule has 2 aromatic carbocycles. The van der Waals surface area contributed by atoms with Gasteiger partial charge in [-0.1, -0.05) is 29.8 Å². The predicted octanol–water partition coefficient (Wildman–Crippen LogP) is 4.67. The Labute approximate surface area is 161 Å². The lowest BCUT2D eigenvalue weighted by molar-refractivity contribution is 0.0736. The molecule has 1 aliphatic heterocycles. The molecule has 132 valence electrons. The smallest absolute Gasteiger partial charge is 0.254 e. The van der Waals surface area contributed by atoms with Crippen molar-refractivity contribution in [2.75, 3.05) is 13.7 Å². The number of thiazole rings is 1. The number of ether oxygens (including phenoxy) is 1. The van der Waals surface area contributed by atoms with Crippen molar-refractivity contribution in [1.82, 2.24) is 9.88 Å². The summed E-state index contributed by atoms with van der Waals surface area (Å²) < 4.78 is 5.30. The van der Waals surface area contributed by atoms with Gasteiger partial charge in [0.05, 0.1) is 19.3 Å². The Morgan fingerprint density at radius 1 is 1.23 bits per heavy atom. The Morgan fingerprint density at radius 2 is 2.08 bits per heavy atom. The number of fused-ring (bicyclic) bond motifs is 1.